The van der Waals surface area contributed by atoms with Gasteiger partial charge in [-0.25, -0.2) is 4.68 Å². The molecular formula is C15H26N4O2. The van der Waals surface area contributed by atoms with E-state index in [1.807, 2.05) is 25.8 Å². The maximum Gasteiger partial charge on any atom is 0.239 e. The van der Waals surface area contributed by atoms with Crippen molar-refractivity contribution >= 4 is 5.91 Å². The highest BCUT2D eigenvalue weighted by molar-refractivity contribution is 5.81. The van der Waals surface area contributed by atoms with E-state index in [9.17, 15) is 4.79 Å². The molecule has 1 aromatic rings. The zero-order valence-corrected chi connectivity index (χ0v) is 13.5. The Morgan fingerprint density at radius 3 is 2.67 bits per heavy atom. The number of aryl methyl sites for hydroxylation is 2. The molecule has 2 heterocycles. The number of rotatable bonds is 5. The molecule has 0 radical (unpaired) electrons. The second-order valence-corrected chi connectivity index (χ2v) is 5.69. The number of likely N-dealkylation sites (tertiary alicyclic amines) is 1. The molecule has 1 fully saturated rings. The molecule has 1 aliphatic rings. The van der Waals surface area contributed by atoms with Crippen molar-refractivity contribution in [2.24, 2.45) is 7.05 Å². The standard InChI is InChI=1S/C15H26N4O2/c1-11-13(15(21-4)18(3)17-11)10-16-12(2)14(20)19-8-6-5-7-9-19/h12,16H,5-10H2,1-4H3. The highest BCUT2D eigenvalue weighted by Gasteiger charge is 2.23. The maximum absolute atomic E-state index is 12.4. The molecule has 21 heavy (non-hydrogen) atoms. The third-order valence-corrected chi connectivity index (χ3v) is 4.11. The van der Waals surface area contributed by atoms with E-state index in [0.29, 0.717) is 6.54 Å². The minimum absolute atomic E-state index is 0.188. The monoisotopic (exact) mass is 294 g/mol. The molecule has 1 unspecified atom stereocenters. The molecule has 0 aromatic carbocycles. The van der Waals surface area contributed by atoms with Gasteiger partial charge in [-0.1, -0.05) is 0 Å². The predicted molar refractivity (Wildman–Crippen MR) is 81.2 cm³/mol. The first-order valence-corrected chi connectivity index (χ1v) is 7.63. The van der Waals surface area contributed by atoms with Gasteiger partial charge in [-0.3, -0.25) is 4.79 Å². The first-order valence-electron chi connectivity index (χ1n) is 7.63. The topological polar surface area (TPSA) is 59.4 Å². The number of methoxy groups -OCH3 is 1. The van der Waals surface area contributed by atoms with E-state index >= 15 is 0 Å². The van der Waals surface area contributed by atoms with Crippen LogP contribution in [0.3, 0.4) is 0 Å². The van der Waals surface area contributed by atoms with E-state index in [2.05, 4.69) is 10.4 Å². The second-order valence-electron chi connectivity index (χ2n) is 5.69. The van der Waals surface area contributed by atoms with E-state index in [0.717, 1.165) is 43.1 Å². The lowest BCUT2D eigenvalue weighted by Crippen LogP contribution is -2.46. The molecule has 118 valence electrons. The smallest absolute Gasteiger partial charge is 0.239 e. The lowest BCUT2D eigenvalue weighted by atomic mass is 10.1. The number of ether oxygens (including phenoxy) is 1. The Labute approximate surface area is 126 Å². The molecule has 1 saturated heterocycles. The summed E-state index contributed by atoms with van der Waals surface area (Å²) in [6.07, 6.45) is 3.47. The highest BCUT2D eigenvalue weighted by atomic mass is 16.5. The number of carbonyl (C=O) groups is 1. The molecule has 0 bridgehead atoms. The number of hydrogen-bond acceptors (Lipinski definition) is 4. The molecule has 0 spiro atoms. The molecule has 1 amide bonds. The SMILES string of the molecule is COc1c(CNC(C)C(=O)N2CCCCC2)c(C)nn1C. The molecule has 1 aliphatic heterocycles. The second kappa shape index (κ2) is 6.93. The van der Waals surface area contributed by atoms with Crippen LogP contribution >= 0.6 is 0 Å². The number of nitrogens with zero attached hydrogens (tertiary/aromatic N) is 3. The Hall–Kier alpha value is -1.56. The summed E-state index contributed by atoms with van der Waals surface area (Å²) in [4.78, 5) is 14.3. The van der Waals surface area contributed by atoms with Gasteiger partial charge in [0.25, 0.3) is 0 Å². The average molecular weight is 294 g/mol. The van der Waals surface area contributed by atoms with Crippen LogP contribution in [-0.2, 0) is 18.4 Å². The van der Waals surface area contributed by atoms with Gasteiger partial charge in [0, 0.05) is 26.7 Å². The molecule has 1 N–H and O–H groups in total. The summed E-state index contributed by atoms with van der Waals surface area (Å²) in [5.41, 5.74) is 1.94. The third-order valence-electron chi connectivity index (χ3n) is 4.11. The van der Waals surface area contributed by atoms with Crippen molar-refractivity contribution in [3.8, 4) is 5.88 Å². The average Bonchev–Trinajstić information content (AvgIpc) is 2.78. The van der Waals surface area contributed by atoms with E-state index in [-0.39, 0.29) is 11.9 Å². The molecule has 1 atom stereocenters. The van der Waals surface area contributed by atoms with E-state index in [4.69, 9.17) is 4.74 Å². The van der Waals surface area contributed by atoms with Crippen LogP contribution in [0.5, 0.6) is 5.88 Å². The van der Waals surface area contributed by atoms with Gasteiger partial charge in [-0.2, -0.15) is 5.10 Å². The normalized spacial score (nSPS) is 16.9. The van der Waals surface area contributed by atoms with Crippen LogP contribution < -0.4 is 10.1 Å². The number of hydrogen-bond donors (Lipinski definition) is 1. The fraction of sp³-hybridized carbons (Fsp3) is 0.733. The van der Waals surface area contributed by atoms with Gasteiger partial charge in [0.1, 0.15) is 0 Å². The maximum atomic E-state index is 12.4. The van der Waals surface area contributed by atoms with Crippen molar-refractivity contribution in [1.82, 2.24) is 20.0 Å². The summed E-state index contributed by atoms with van der Waals surface area (Å²) in [5.74, 6) is 0.938. The zero-order chi connectivity index (χ0) is 15.4. The summed E-state index contributed by atoms with van der Waals surface area (Å²) in [6, 6.07) is -0.188. The van der Waals surface area contributed by atoms with Crippen molar-refractivity contribution < 1.29 is 9.53 Å². The summed E-state index contributed by atoms with van der Waals surface area (Å²) in [5, 5.41) is 7.65. The van der Waals surface area contributed by atoms with Crippen molar-refractivity contribution in [1.29, 1.82) is 0 Å². The van der Waals surface area contributed by atoms with Gasteiger partial charge >= 0.3 is 0 Å². The van der Waals surface area contributed by atoms with Crippen LogP contribution in [0.2, 0.25) is 0 Å². The van der Waals surface area contributed by atoms with E-state index < -0.39 is 0 Å². The number of piperidine rings is 1. The Morgan fingerprint density at radius 2 is 2.05 bits per heavy atom. The van der Waals surface area contributed by atoms with Crippen molar-refractivity contribution in [3.05, 3.63) is 11.3 Å². The first-order chi connectivity index (χ1) is 10.0. The van der Waals surface area contributed by atoms with Crippen LogP contribution in [0.1, 0.15) is 37.4 Å². The molecular weight excluding hydrogens is 268 g/mol. The quantitative estimate of drug-likeness (QED) is 0.887. The van der Waals surface area contributed by atoms with E-state index in [1.54, 1.807) is 11.8 Å². The molecule has 6 heteroatoms. The summed E-state index contributed by atoms with van der Waals surface area (Å²) in [7, 11) is 3.50. The molecule has 0 saturated carbocycles. The number of nitrogens with one attached hydrogen (secondary N) is 1. The van der Waals surface area contributed by atoms with Gasteiger partial charge in [-0.05, 0) is 33.1 Å². The van der Waals surface area contributed by atoms with Crippen molar-refractivity contribution in [2.75, 3.05) is 20.2 Å². The van der Waals surface area contributed by atoms with Crippen LogP contribution in [0.4, 0.5) is 0 Å². The lowest BCUT2D eigenvalue weighted by Gasteiger charge is -2.29. The fourth-order valence-electron chi connectivity index (χ4n) is 2.87. The number of aromatic nitrogens is 2. The predicted octanol–water partition coefficient (Wildman–Crippen LogP) is 1.23. The van der Waals surface area contributed by atoms with Gasteiger partial charge in [0.15, 0.2) is 0 Å². The fourth-order valence-corrected chi connectivity index (χ4v) is 2.87. The van der Waals surface area contributed by atoms with Gasteiger partial charge in [0.2, 0.25) is 11.8 Å². The summed E-state index contributed by atoms with van der Waals surface area (Å²) >= 11 is 0. The van der Waals surface area contributed by atoms with Crippen molar-refractivity contribution in [2.45, 2.75) is 45.7 Å². The summed E-state index contributed by atoms with van der Waals surface area (Å²) in [6.45, 7) is 6.25. The van der Waals surface area contributed by atoms with Gasteiger partial charge in [0.05, 0.1) is 24.4 Å². The Bertz CT molecular complexity index is 492. The Morgan fingerprint density at radius 1 is 1.38 bits per heavy atom. The highest BCUT2D eigenvalue weighted by Crippen LogP contribution is 2.20. The van der Waals surface area contributed by atoms with Crippen LogP contribution in [0.25, 0.3) is 0 Å². The molecule has 0 aliphatic carbocycles. The van der Waals surface area contributed by atoms with Gasteiger partial charge < -0.3 is 15.0 Å². The Kier molecular flexibility index (Phi) is 5.22. The largest absolute Gasteiger partial charge is 0.481 e. The lowest BCUT2D eigenvalue weighted by molar-refractivity contribution is -0.133. The number of carbonyl (C=O) groups excluding carboxylic acids is 1. The van der Waals surface area contributed by atoms with Crippen LogP contribution in [0, 0.1) is 6.92 Å². The molecule has 6 nitrogen and oxygen atoms in total. The van der Waals surface area contributed by atoms with Crippen LogP contribution in [-0.4, -0.2) is 46.8 Å². The molecule has 2 rings (SSSR count). The minimum atomic E-state index is -0.188. The molecule has 1 aromatic heterocycles. The zero-order valence-electron chi connectivity index (χ0n) is 13.5. The minimum Gasteiger partial charge on any atom is -0.481 e. The van der Waals surface area contributed by atoms with Crippen LogP contribution in [0.15, 0.2) is 0 Å². The first kappa shape index (κ1) is 15.8. The van der Waals surface area contributed by atoms with Crippen molar-refractivity contribution in [3.63, 3.8) is 0 Å². The summed E-state index contributed by atoms with van der Waals surface area (Å²) < 4.78 is 7.10. The number of amides is 1. The van der Waals surface area contributed by atoms with E-state index in [1.165, 1.54) is 6.42 Å². The Balaban J connectivity index is 1.94. The third kappa shape index (κ3) is 3.56. The van der Waals surface area contributed by atoms with Gasteiger partial charge in [-0.15, -0.1) is 0 Å².